The van der Waals surface area contributed by atoms with Gasteiger partial charge in [-0.2, -0.15) is 0 Å². The summed E-state index contributed by atoms with van der Waals surface area (Å²) < 4.78 is 5.18. The van der Waals surface area contributed by atoms with Gasteiger partial charge >= 0.3 is 12.0 Å². The van der Waals surface area contributed by atoms with Gasteiger partial charge in [0.25, 0.3) is 0 Å². The zero-order chi connectivity index (χ0) is 15.4. The summed E-state index contributed by atoms with van der Waals surface area (Å²) in [6.07, 6.45) is 0. The largest absolute Gasteiger partial charge is 0.481 e. The maximum atomic E-state index is 12.1. The van der Waals surface area contributed by atoms with Gasteiger partial charge < -0.3 is 20.1 Å². The summed E-state index contributed by atoms with van der Waals surface area (Å²) in [6.45, 7) is 2.80. The number of carbonyl (C=O) groups excluding carboxylic acids is 1. The number of nitrogens with one attached hydrogen (secondary N) is 1. The number of hydrogen-bond donors (Lipinski definition) is 2. The van der Waals surface area contributed by atoms with Crippen molar-refractivity contribution in [2.75, 3.05) is 20.3 Å². The van der Waals surface area contributed by atoms with Crippen LogP contribution in [0.3, 0.4) is 0 Å². The van der Waals surface area contributed by atoms with Crippen LogP contribution in [0.2, 0.25) is 0 Å². The maximum Gasteiger partial charge on any atom is 0.317 e. The highest BCUT2D eigenvalue weighted by molar-refractivity contribution is 5.77. The first kappa shape index (κ1) is 15.3. The minimum Gasteiger partial charge on any atom is -0.481 e. The quantitative estimate of drug-likeness (QED) is 0.875. The lowest BCUT2D eigenvalue weighted by Crippen LogP contribution is -2.48. The van der Waals surface area contributed by atoms with E-state index in [1.54, 1.807) is 7.05 Å². The van der Waals surface area contributed by atoms with Crippen molar-refractivity contribution >= 4 is 12.0 Å². The van der Waals surface area contributed by atoms with Crippen LogP contribution < -0.4 is 5.32 Å². The minimum atomic E-state index is -0.934. The maximum absolute atomic E-state index is 12.1. The van der Waals surface area contributed by atoms with Gasteiger partial charge in [0.05, 0.1) is 19.3 Å². The lowest BCUT2D eigenvalue weighted by Gasteiger charge is -2.26. The standard InChI is InChI=1S/C15H20N2O4/c1-10-5-3-4-6-11(10)7-16-15(20)17(2)13-9-21-8-12(13)14(18)19/h3-6,12-13H,7-9H2,1-2H3,(H,16,20)(H,18,19). The van der Waals surface area contributed by atoms with Gasteiger partial charge in [-0.25, -0.2) is 4.79 Å². The number of carbonyl (C=O) groups is 2. The van der Waals surface area contributed by atoms with Gasteiger partial charge in [-0.15, -0.1) is 0 Å². The second-order valence-electron chi connectivity index (χ2n) is 5.25. The number of ether oxygens (including phenoxy) is 1. The molecule has 1 aliphatic heterocycles. The molecule has 1 heterocycles. The van der Waals surface area contributed by atoms with Gasteiger partial charge in [0, 0.05) is 13.6 Å². The van der Waals surface area contributed by atoms with Crippen LogP contribution in [-0.4, -0.2) is 48.3 Å². The average molecular weight is 292 g/mol. The van der Waals surface area contributed by atoms with Crippen molar-refractivity contribution in [3.05, 3.63) is 35.4 Å². The van der Waals surface area contributed by atoms with E-state index in [0.717, 1.165) is 11.1 Å². The summed E-state index contributed by atoms with van der Waals surface area (Å²) in [5.41, 5.74) is 2.14. The third-order valence-electron chi connectivity index (χ3n) is 3.88. The molecular formula is C15H20N2O4. The lowest BCUT2D eigenvalue weighted by atomic mass is 10.0. The molecule has 21 heavy (non-hydrogen) atoms. The molecule has 0 bridgehead atoms. The Kier molecular flexibility index (Phi) is 4.80. The predicted octanol–water partition coefficient (Wildman–Crippen LogP) is 1.24. The number of aryl methyl sites for hydroxylation is 1. The van der Waals surface area contributed by atoms with Crippen LogP contribution in [-0.2, 0) is 16.1 Å². The number of rotatable bonds is 4. The molecule has 1 fully saturated rings. The van der Waals surface area contributed by atoms with E-state index in [1.807, 2.05) is 31.2 Å². The molecule has 1 saturated heterocycles. The van der Waals surface area contributed by atoms with Crippen LogP contribution in [0, 0.1) is 12.8 Å². The predicted molar refractivity (Wildman–Crippen MR) is 76.9 cm³/mol. The van der Waals surface area contributed by atoms with Crippen molar-refractivity contribution in [2.45, 2.75) is 19.5 Å². The van der Waals surface area contributed by atoms with E-state index in [4.69, 9.17) is 9.84 Å². The van der Waals surface area contributed by atoms with Gasteiger partial charge in [-0.05, 0) is 18.1 Å². The average Bonchev–Trinajstić information content (AvgIpc) is 2.95. The number of carboxylic acid groups (broad SMARTS) is 1. The molecule has 2 N–H and O–H groups in total. The Bertz CT molecular complexity index is 532. The fourth-order valence-electron chi connectivity index (χ4n) is 2.42. The molecule has 2 rings (SSSR count). The van der Waals surface area contributed by atoms with Crippen LogP contribution in [0.5, 0.6) is 0 Å². The smallest absolute Gasteiger partial charge is 0.317 e. The van der Waals surface area contributed by atoms with Crippen molar-refractivity contribution in [1.29, 1.82) is 0 Å². The van der Waals surface area contributed by atoms with Gasteiger partial charge in [-0.1, -0.05) is 24.3 Å². The third-order valence-corrected chi connectivity index (χ3v) is 3.88. The Labute approximate surface area is 123 Å². The molecule has 0 radical (unpaired) electrons. The first-order valence-corrected chi connectivity index (χ1v) is 6.86. The van der Waals surface area contributed by atoms with Crippen LogP contribution in [0.4, 0.5) is 4.79 Å². The monoisotopic (exact) mass is 292 g/mol. The highest BCUT2D eigenvalue weighted by Crippen LogP contribution is 2.19. The van der Waals surface area contributed by atoms with Gasteiger partial charge in [0.15, 0.2) is 0 Å². The molecule has 0 spiro atoms. The second kappa shape index (κ2) is 6.58. The van der Waals surface area contributed by atoms with E-state index < -0.39 is 17.9 Å². The van der Waals surface area contributed by atoms with E-state index in [2.05, 4.69) is 5.32 Å². The van der Waals surface area contributed by atoms with Gasteiger partial charge in [0.1, 0.15) is 5.92 Å². The molecule has 0 saturated carbocycles. The highest BCUT2D eigenvalue weighted by Gasteiger charge is 2.38. The summed E-state index contributed by atoms with van der Waals surface area (Å²) in [4.78, 5) is 24.7. The van der Waals surface area contributed by atoms with Crippen molar-refractivity contribution in [2.24, 2.45) is 5.92 Å². The molecule has 0 aliphatic carbocycles. The third kappa shape index (κ3) is 3.52. The van der Waals surface area contributed by atoms with Crippen LogP contribution in [0.15, 0.2) is 24.3 Å². The summed E-state index contributed by atoms with van der Waals surface area (Å²) >= 11 is 0. The summed E-state index contributed by atoms with van der Waals surface area (Å²) in [7, 11) is 1.60. The van der Waals surface area contributed by atoms with Crippen molar-refractivity contribution < 1.29 is 19.4 Å². The molecular weight excluding hydrogens is 272 g/mol. The Morgan fingerprint density at radius 1 is 1.38 bits per heavy atom. The number of amides is 2. The summed E-state index contributed by atoms with van der Waals surface area (Å²) in [6, 6.07) is 7.08. The SMILES string of the molecule is Cc1ccccc1CNC(=O)N(C)C1COCC1C(=O)O. The topological polar surface area (TPSA) is 78.9 Å². The molecule has 0 aromatic heterocycles. The van der Waals surface area contributed by atoms with Crippen molar-refractivity contribution in [3.63, 3.8) is 0 Å². The van der Waals surface area contributed by atoms with E-state index >= 15 is 0 Å². The number of benzene rings is 1. The molecule has 1 aromatic rings. The molecule has 6 heteroatoms. The molecule has 1 aliphatic rings. The van der Waals surface area contributed by atoms with Gasteiger partial charge in [0.2, 0.25) is 0 Å². The number of nitrogens with zero attached hydrogens (tertiary/aromatic N) is 1. The zero-order valence-corrected chi connectivity index (χ0v) is 12.2. The van der Waals surface area contributed by atoms with E-state index in [-0.39, 0.29) is 19.2 Å². The Hall–Kier alpha value is -2.08. The van der Waals surface area contributed by atoms with E-state index in [0.29, 0.717) is 6.54 Å². The fraction of sp³-hybridized carbons (Fsp3) is 0.467. The highest BCUT2D eigenvalue weighted by atomic mass is 16.5. The number of urea groups is 1. The van der Waals surface area contributed by atoms with Crippen molar-refractivity contribution in [3.8, 4) is 0 Å². The van der Waals surface area contributed by atoms with E-state index in [9.17, 15) is 9.59 Å². The van der Waals surface area contributed by atoms with Gasteiger partial charge in [-0.3, -0.25) is 4.79 Å². The Morgan fingerprint density at radius 3 is 2.76 bits per heavy atom. The number of likely N-dealkylation sites (N-methyl/N-ethyl adjacent to an activating group) is 1. The first-order chi connectivity index (χ1) is 10.0. The Morgan fingerprint density at radius 2 is 2.10 bits per heavy atom. The lowest BCUT2D eigenvalue weighted by molar-refractivity contribution is -0.142. The molecule has 114 valence electrons. The second-order valence-corrected chi connectivity index (χ2v) is 5.25. The minimum absolute atomic E-state index is 0.148. The molecule has 2 unspecified atom stereocenters. The van der Waals surface area contributed by atoms with Crippen LogP contribution >= 0.6 is 0 Å². The molecule has 6 nitrogen and oxygen atoms in total. The number of aliphatic carboxylic acids is 1. The zero-order valence-electron chi connectivity index (χ0n) is 12.2. The first-order valence-electron chi connectivity index (χ1n) is 6.86. The Balaban J connectivity index is 1.94. The molecule has 2 atom stereocenters. The van der Waals surface area contributed by atoms with E-state index in [1.165, 1.54) is 4.90 Å². The van der Waals surface area contributed by atoms with Crippen molar-refractivity contribution in [1.82, 2.24) is 10.2 Å². The van der Waals surface area contributed by atoms with Crippen LogP contribution in [0.1, 0.15) is 11.1 Å². The fourth-order valence-corrected chi connectivity index (χ4v) is 2.42. The van der Waals surface area contributed by atoms with Crippen LogP contribution in [0.25, 0.3) is 0 Å². The number of hydrogen-bond acceptors (Lipinski definition) is 3. The number of carboxylic acids is 1. The normalized spacial score (nSPS) is 21.0. The molecule has 1 aromatic carbocycles. The molecule has 2 amide bonds. The summed E-state index contributed by atoms with van der Waals surface area (Å²) in [5.74, 6) is -1.60. The summed E-state index contributed by atoms with van der Waals surface area (Å²) in [5, 5.41) is 11.9.